The normalized spacial score (nSPS) is 9.33. The highest BCUT2D eigenvalue weighted by atomic mass is 16.5. The van der Waals surface area contributed by atoms with Crippen molar-refractivity contribution in [2.75, 3.05) is 17.9 Å². The van der Waals surface area contributed by atoms with Crippen LogP contribution in [0.4, 0.5) is 16.2 Å². The molecule has 0 aliphatic carbocycles. The Morgan fingerprint density at radius 3 is 2.76 bits per heavy atom. The number of amides is 2. The zero-order valence-electron chi connectivity index (χ0n) is 11.4. The Hall–Kier alpha value is -3.20. The Morgan fingerprint density at radius 2 is 2.00 bits per heavy atom. The highest BCUT2D eigenvalue weighted by Crippen LogP contribution is 2.22. The van der Waals surface area contributed by atoms with Crippen LogP contribution in [0.5, 0.6) is 5.75 Å². The van der Waals surface area contributed by atoms with Crippen molar-refractivity contribution in [2.24, 2.45) is 0 Å². The smallest absolute Gasteiger partial charge is 0.337 e. The Balaban J connectivity index is 1.94. The second-order valence-electron chi connectivity index (χ2n) is 4.10. The molecule has 0 spiro atoms. The molecule has 6 heteroatoms. The molecule has 0 radical (unpaired) electrons. The van der Waals surface area contributed by atoms with Gasteiger partial charge in [-0.05, 0) is 30.3 Å². The third-order valence-electron chi connectivity index (χ3n) is 2.67. The van der Waals surface area contributed by atoms with Crippen LogP contribution in [0.3, 0.4) is 0 Å². The molecule has 0 saturated heterocycles. The summed E-state index contributed by atoms with van der Waals surface area (Å²) in [6.07, 6.45) is 0. The van der Waals surface area contributed by atoms with Crippen LogP contribution in [0.15, 0.2) is 48.5 Å². The molecule has 2 amide bonds. The average molecular weight is 282 g/mol. The van der Waals surface area contributed by atoms with Crippen molar-refractivity contribution in [3.8, 4) is 11.8 Å². The standard InChI is InChI=1S/C15H14N4O2/c1-21-14-8-3-2-7-13(14)17-15(20)19-18-12-6-4-5-11(9-12)10-16/h2-9,18H,1H3,(H2,17,19,20). The van der Waals surface area contributed by atoms with E-state index in [-0.39, 0.29) is 0 Å². The first-order chi connectivity index (χ1) is 10.2. The lowest BCUT2D eigenvalue weighted by molar-refractivity contribution is 0.253. The number of hydrazine groups is 1. The highest BCUT2D eigenvalue weighted by molar-refractivity contribution is 5.91. The summed E-state index contributed by atoms with van der Waals surface area (Å²) < 4.78 is 5.14. The van der Waals surface area contributed by atoms with Crippen LogP contribution in [-0.4, -0.2) is 13.1 Å². The number of para-hydroxylation sites is 2. The minimum atomic E-state index is -0.443. The van der Waals surface area contributed by atoms with E-state index < -0.39 is 6.03 Å². The summed E-state index contributed by atoms with van der Waals surface area (Å²) in [6.45, 7) is 0. The van der Waals surface area contributed by atoms with Crippen molar-refractivity contribution in [2.45, 2.75) is 0 Å². The molecule has 2 aromatic carbocycles. The van der Waals surface area contributed by atoms with Gasteiger partial charge >= 0.3 is 6.03 Å². The number of benzene rings is 2. The maximum absolute atomic E-state index is 11.8. The van der Waals surface area contributed by atoms with Gasteiger partial charge in [-0.25, -0.2) is 4.79 Å². The number of carbonyl (C=O) groups is 1. The van der Waals surface area contributed by atoms with Crippen LogP contribution in [-0.2, 0) is 0 Å². The predicted molar refractivity (Wildman–Crippen MR) is 79.9 cm³/mol. The van der Waals surface area contributed by atoms with Gasteiger partial charge in [0, 0.05) is 0 Å². The van der Waals surface area contributed by atoms with Crippen molar-refractivity contribution in [1.29, 1.82) is 5.26 Å². The number of hydrogen-bond donors (Lipinski definition) is 3. The van der Waals surface area contributed by atoms with Gasteiger partial charge in [0.15, 0.2) is 0 Å². The van der Waals surface area contributed by atoms with Gasteiger partial charge in [-0.3, -0.25) is 10.9 Å². The van der Waals surface area contributed by atoms with E-state index in [9.17, 15) is 4.79 Å². The number of methoxy groups -OCH3 is 1. The fourth-order valence-corrected chi connectivity index (χ4v) is 1.70. The van der Waals surface area contributed by atoms with Crippen molar-refractivity contribution >= 4 is 17.4 Å². The minimum Gasteiger partial charge on any atom is -0.495 e. The van der Waals surface area contributed by atoms with Crippen molar-refractivity contribution in [3.05, 3.63) is 54.1 Å². The van der Waals surface area contributed by atoms with E-state index in [2.05, 4.69) is 16.2 Å². The maximum atomic E-state index is 11.8. The molecule has 0 bridgehead atoms. The molecule has 0 fully saturated rings. The number of urea groups is 1. The number of nitrogens with one attached hydrogen (secondary N) is 3. The average Bonchev–Trinajstić information content (AvgIpc) is 2.53. The molecule has 6 nitrogen and oxygen atoms in total. The molecule has 21 heavy (non-hydrogen) atoms. The Bertz CT molecular complexity index is 679. The summed E-state index contributed by atoms with van der Waals surface area (Å²) in [7, 11) is 1.53. The maximum Gasteiger partial charge on any atom is 0.337 e. The monoisotopic (exact) mass is 282 g/mol. The van der Waals surface area contributed by atoms with E-state index >= 15 is 0 Å². The molecule has 0 aromatic heterocycles. The van der Waals surface area contributed by atoms with Gasteiger partial charge in [-0.1, -0.05) is 18.2 Å². The summed E-state index contributed by atoms with van der Waals surface area (Å²) >= 11 is 0. The molecule has 2 aromatic rings. The molecule has 0 saturated carbocycles. The number of rotatable bonds is 4. The summed E-state index contributed by atoms with van der Waals surface area (Å²) in [5, 5.41) is 11.5. The first-order valence-electron chi connectivity index (χ1n) is 6.19. The molecular formula is C15H14N4O2. The molecule has 2 rings (SSSR count). The van der Waals surface area contributed by atoms with Crippen LogP contribution in [0.2, 0.25) is 0 Å². The molecular weight excluding hydrogens is 268 g/mol. The summed E-state index contributed by atoms with van der Waals surface area (Å²) in [5.74, 6) is 0.569. The van der Waals surface area contributed by atoms with Crippen molar-refractivity contribution < 1.29 is 9.53 Å². The predicted octanol–water partition coefficient (Wildman–Crippen LogP) is 2.72. The lowest BCUT2D eigenvalue weighted by atomic mass is 10.2. The summed E-state index contributed by atoms with van der Waals surface area (Å²) in [5.41, 5.74) is 6.89. The topological polar surface area (TPSA) is 86.2 Å². The third-order valence-corrected chi connectivity index (χ3v) is 2.67. The van der Waals surface area contributed by atoms with Gasteiger partial charge in [0.1, 0.15) is 5.75 Å². The lowest BCUT2D eigenvalue weighted by Crippen LogP contribution is -2.33. The van der Waals surface area contributed by atoms with Gasteiger partial charge in [-0.2, -0.15) is 5.26 Å². The van der Waals surface area contributed by atoms with Crippen LogP contribution in [0.25, 0.3) is 0 Å². The van der Waals surface area contributed by atoms with Gasteiger partial charge in [0.2, 0.25) is 0 Å². The van der Waals surface area contributed by atoms with Gasteiger partial charge in [0.05, 0.1) is 30.1 Å². The molecule has 106 valence electrons. The van der Waals surface area contributed by atoms with Crippen molar-refractivity contribution in [1.82, 2.24) is 5.43 Å². The summed E-state index contributed by atoms with van der Waals surface area (Å²) in [6, 6.07) is 15.4. The van der Waals surface area contributed by atoms with Gasteiger partial charge < -0.3 is 10.1 Å². The summed E-state index contributed by atoms with van der Waals surface area (Å²) in [4.78, 5) is 11.8. The molecule has 0 aliphatic heterocycles. The molecule has 0 atom stereocenters. The number of anilines is 2. The number of hydrogen-bond acceptors (Lipinski definition) is 4. The van der Waals surface area contributed by atoms with E-state index in [1.807, 2.05) is 12.1 Å². The van der Waals surface area contributed by atoms with E-state index in [0.29, 0.717) is 22.7 Å². The Kier molecular flexibility index (Phi) is 4.62. The highest BCUT2D eigenvalue weighted by Gasteiger charge is 2.06. The second kappa shape index (κ2) is 6.82. The molecule has 0 unspecified atom stereocenters. The number of nitrogens with zero attached hydrogens (tertiary/aromatic N) is 1. The largest absolute Gasteiger partial charge is 0.495 e. The minimum absolute atomic E-state index is 0.443. The van der Waals surface area contributed by atoms with Gasteiger partial charge in [-0.15, -0.1) is 0 Å². The SMILES string of the molecule is COc1ccccc1NC(=O)NNc1cccc(C#N)c1. The van der Waals surface area contributed by atoms with Crippen molar-refractivity contribution in [3.63, 3.8) is 0 Å². The second-order valence-corrected chi connectivity index (χ2v) is 4.10. The number of carbonyl (C=O) groups excluding carboxylic acids is 1. The van der Waals surface area contributed by atoms with Crippen LogP contribution >= 0.6 is 0 Å². The quantitative estimate of drug-likeness (QED) is 0.752. The molecule has 0 aliphatic rings. The van der Waals surface area contributed by atoms with E-state index in [0.717, 1.165) is 0 Å². The van der Waals surface area contributed by atoms with E-state index in [1.54, 1.807) is 42.5 Å². The molecule has 3 N–H and O–H groups in total. The number of nitriles is 1. The third kappa shape index (κ3) is 3.88. The Morgan fingerprint density at radius 1 is 1.19 bits per heavy atom. The van der Waals surface area contributed by atoms with Crippen LogP contribution in [0, 0.1) is 11.3 Å². The zero-order chi connectivity index (χ0) is 15.1. The zero-order valence-corrected chi connectivity index (χ0v) is 11.4. The van der Waals surface area contributed by atoms with Crippen LogP contribution < -0.4 is 20.9 Å². The Labute approximate surface area is 122 Å². The first-order valence-corrected chi connectivity index (χ1v) is 6.19. The fraction of sp³-hybridized carbons (Fsp3) is 0.0667. The molecule has 0 heterocycles. The van der Waals surface area contributed by atoms with E-state index in [4.69, 9.17) is 10.00 Å². The number of ether oxygens (including phenoxy) is 1. The van der Waals surface area contributed by atoms with Crippen LogP contribution in [0.1, 0.15) is 5.56 Å². The van der Waals surface area contributed by atoms with E-state index in [1.165, 1.54) is 7.11 Å². The lowest BCUT2D eigenvalue weighted by Gasteiger charge is -2.12. The fourth-order valence-electron chi connectivity index (χ4n) is 1.70. The first kappa shape index (κ1) is 14.2. The van der Waals surface area contributed by atoms with Gasteiger partial charge in [0.25, 0.3) is 0 Å².